The second-order valence-electron chi connectivity index (χ2n) is 3.24. The number of carboxylic acids is 2. The zero-order valence-corrected chi connectivity index (χ0v) is 8.46. The summed E-state index contributed by atoms with van der Waals surface area (Å²) in [5, 5.41) is 17.3. The van der Waals surface area contributed by atoms with Crippen molar-refractivity contribution in [3.63, 3.8) is 0 Å². The Labute approximate surface area is 91.9 Å². The molecule has 0 saturated heterocycles. The van der Waals surface area contributed by atoms with Crippen molar-refractivity contribution >= 4 is 23.3 Å². The monoisotopic (exact) mass is 224 g/mol. The van der Waals surface area contributed by atoms with Crippen LogP contribution in [0.1, 0.15) is 0 Å². The highest BCUT2D eigenvalue weighted by Crippen LogP contribution is 2.15. The minimum atomic E-state index is -1.09. The Morgan fingerprint density at radius 2 is 1.50 bits per heavy atom. The van der Waals surface area contributed by atoms with Crippen LogP contribution in [0.3, 0.4) is 0 Å². The maximum absolute atomic E-state index is 10.6. The first-order valence-corrected chi connectivity index (χ1v) is 4.53. The van der Waals surface area contributed by atoms with Gasteiger partial charge in [-0.15, -0.1) is 0 Å². The Bertz CT molecular complexity index is 372. The molecule has 0 aliphatic heterocycles. The van der Waals surface area contributed by atoms with Crippen LogP contribution in [0.2, 0.25) is 0 Å². The smallest absolute Gasteiger partial charge is 0.323 e. The molecule has 1 aromatic carbocycles. The number of hydrogen-bond acceptors (Lipinski definition) is 4. The van der Waals surface area contributed by atoms with Crippen molar-refractivity contribution in [2.45, 2.75) is 0 Å². The Morgan fingerprint density at radius 1 is 1.06 bits per heavy atom. The van der Waals surface area contributed by atoms with Gasteiger partial charge in [-0.05, 0) is 24.3 Å². The van der Waals surface area contributed by atoms with E-state index in [1.165, 1.54) is 4.90 Å². The average Bonchev–Trinajstić information content (AvgIpc) is 2.16. The van der Waals surface area contributed by atoms with Crippen molar-refractivity contribution in [3.05, 3.63) is 24.3 Å². The van der Waals surface area contributed by atoms with E-state index in [1.54, 1.807) is 24.3 Å². The van der Waals surface area contributed by atoms with E-state index in [9.17, 15) is 9.59 Å². The third kappa shape index (κ3) is 3.49. The predicted octanol–water partition coefficient (Wildman–Crippen LogP) is 0.244. The van der Waals surface area contributed by atoms with Crippen LogP contribution >= 0.6 is 0 Å². The summed E-state index contributed by atoms with van der Waals surface area (Å²) in [6.45, 7) is -0.730. The number of carboxylic acid groups (broad SMARTS) is 2. The van der Waals surface area contributed by atoms with Crippen molar-refractivity contribution in [3.8, 4) is 0 Å². The second kappa shape index (κ2) is 5.01. The third-order valence-electron chi connectivity index (χ3n) is 1.91. The van der Waals surface area contributed by atoms with E-state index in [1.807, 2.05) is 0 Å². The molecule has 0 aliphatic rings. The molecule has 4 N–H and O–H groups in total. The number of nitrogen functional groups attached to an aromatic ring is 1. The standard InChI is InChI=1S/C10H12N2O4/c11-7-1-3-8(4-2-7)12(5-9(13)14)6-10(15)16/h1-4H,5-6,11H2,(H,13,14)(H,15,16). The fraction of sp³-hybridized carbons (Fsp3) is 0.200. The van der Waals surface area contributed by atoms with Crippen molar-refractivity contribution in [2.24, 2.45) is 0 Å². The molecule has 0 radical (unpaired) electrons. The summed E-state index contributed by atoms with van der Waals surface area (Å²) in [6.07, 6.45) is 0. The zero-order valence-electron chi connectivity index (χ0n) is 8.46. The number of nitrogens with two attached hydrogens (primary N) is 1. The van der Waals surface area contributed by atoms with Gasteiger partial charge in [0.05, 0.1) is 0 Å². The molecule has 1 aromatic rings. The lowest BCUT2D eigenvalue weighted by atomic mass is 10.2. The minimum Gasteiger partial charge on any atom is -0.480 e. The van der Waals surface area contributed by atoms with Crippen LogP contribution in [0.4, 0.5) is 11.4 Å². The van der Waals surface area contributed by atoms with E-state index >= 15 is 0 Å². The minimum absolute atomic E-state index is 0.365. The highest BCUT2D eigenvalue weighted by Gasteiger charge is 2.13. The van der Waals surface area contributed by atoms with Crippen LogP contribution in [0.5, 0.6) is 0 Å². The number of rotatable bonds is 5. The van der Waals surface area contributed by atoms with Gasteiger partial charge in [0.2, 0.25) is 0 Å². The Hall–Kier alpha value is -2.24. The summed E-state index contributed by atoms with van der Waals surface area (Å²) < 4.78 is 0. The van der Waals surface area contributed by atoms with Gasteiger partial charge in [0.25, 0.3) is 0 Å². The molecule has 0 heterocycles. The molecule has 0 aromatic heterocycles. The summed E-state index contributed by atoms with van der Waals surface area (Å²) in [4.78, 5) is 22.4. The van der Waals surface area contributed by atoms with Crippen LogP contribution in [-0.2, 0) is 9.59 Å². The number of carbonyl (C=O) groups is 2. The van der Waals surface area contributed by atoms with Crippen LogP contribution in [-0.4, -0.2) is 35.2 Å². The lowest BCUT2D eigenvalue weighted by molar-refractivity contribution is -0.136. The molecule has 16 heavy (non-hydrogen) atoms. The van der Waals surface area contributed by atoms with Gasteiger partial charge in [-0.2, -0.15) is 0 Å². The molecule has 0 spiro atoms. The first-order valence-electron chi connectivity index (χ1n) is 4.53. The molecule has 0 atom stereocenters. The van der Waals surface area contributed by atoms with Gasteiger partial charge < -0.3 is 20.8 Å². The van der Waals surface area contributed by atoms with Crippen LogP contribution in [0.25, 0.3) is 0 Å². The van der Waals surface area contributed by atoms with Gasteiger partial charge in [-0.3, -0.25) is 9.59 Å². The number of hydrogen-bond donors (Lipinski definition) is 3. The summed E-state index contributed by atoms with van der Waals surface area (Å²) in [7, 11) is 0. The molecule has 0 aliphatic carbocycles. The molecule has 0 saturated carbocycles. The lowest BCUT2D eigenvalue weighted by Gasteiger charge is -2.20. The van der Waals surface area contributed by atoms with Gasteiger partial charge >= 0.3 is 11.9 Å². The summed E-state index contributed by atoms with van der Waals surface area (Å²) in [5.41, 5.74) is 6.53. The van der Waals surface area contributed by atoms with Crippen molar-refractivity contribution in [1.29, 1.82) is 0 Å². The maximum Gasteiger partial charge on any atom is 0.323 e. The van der Waals surface area contributed by atoms with Crippen LogP contribution < -0.4 is 10.6 Å². The summed E-state index contributed by atoms with van der Waals surface area (Å²) in [5.74, 6) is -2.17. The van der Waals surface area contributed by atoms with Gasteiger partial charge in [0.15, 0.2) is 0 Å². The Balaban J connectivity index is 2.86. The van der Waals surface area contributed by atoms with Crippen LogP contribution in [0.15, 0.2) is 24.3 Å². The van der Waals surface area contributed by atoms with E-state index < -0.39 is 11.9 Å². The summed E-state index contributed by atoms with van der Waals surface area (Å²) >= 11 is 0. The maximum atomic E-state index is 10.6. The molecule has 6 nitrogen and oxygen atoms in total. The lowest BCUT2D eigenvalue weighted by Crippen LogP contribution is -2.34. The third-order valence-corrected chi connectivity index (χ3v) is 1.91. The normalized spacial score (nSPS) is 9.75. The first-order chi connectivity index (χ1) is 7.49. The van der Waals surface area contributed by atoms with E-state index in [0.29, 0.717) is 11.4 Å². The quantitative estimate of drug-likeness (QED) is 0.619. The van der Waals surface area contributed by atoms with Gasteiger partial charge in [-0.25, -0.2) is 0 Å². The topological polar surface area (TPSA) is 104 Å². The van der Waals surface area contributed by atoms with Gasteiger partial charge in [-0.1, -0.05) is 0 Å². The van der Waals surface area contributed by atoms with Crippen molar-refractivity contribution < 1.29 is 19.8 Å². The fourth-order valence-corrected chi connectivity index (χ4v) is 1.25. The van der Waals surface area contributed by atoms with Crippen LogP contribution in [0, 0.1) is 0 Å². The second-order valence-corrected chi connectivity index (χ2v) is 3.24. The molecule has 0 unspecified atom stereocenters. The number of benzene rings is 1. The van der Waals surface area contributed by atoms with E-state index in [0.717, 1.165) is 0 Å². The van der Waals surface area contributed by atoms with Crippen molar-refractivity contribution in [2.75, 3.05) is 23.7 Å². The molecule has 0 fully saturated rings. The number of nitrogens with zero attached hydrogens (tertiary/aromatic N) is 1. The molecule has 1 rings (SSSR count). The molecule has 86 valence electrons. The first kappa shape index (κ1) is 11.8. The molecule has 6 heteroatoms. The molecule has 0 bridgehead atoms. The van der Waals surface area contributed by atoms with E-state index in [2.05, 4.69) is 0 Å². The average molecular weight is 224 g/mol. The van der Waals surface area contributed by atoms with Gasteiger partial charge in [0.1, 0.15) is 13.1 Å². The number of anilines is 2. The van der Waals surface area contributed by atoms with E-state index in [4.69, 9.17) is 15.9 Å². The largest absolute Gasteiger partial charge is 0.480 e. The Kier molecular flexibility index (Phi) is 3.71. The SMILES string of the molecule is Nc1ccc(N(CC(=O)O)CC(=O)O)cc1. The highest BCUT2D eigenvalue weighted by molar-refractivity contribution is 5.79. The Morgan fingerprint density at radius 3 is 1.88 bits per heavy atom. The number of aliphatic carboxylic acids is 2. The molecule has 0 amide bonds. The van der Waals surface area contributed by atoms with Gasteiger partial charge in [0, 0.05) is 11.4 Å². The van der Waals surface area contributed by atoms with Crippen molar-refractivity contribution in [1.82, 2.24) is 0 Å². The summed E-state index contributed by atoms with van der Waals surface area (Å²) in [6, 6.07) is 6.35. The molecular formula is C10H12N2O4. The zero-order chi connectivity index (χ0) is 12.1. The highest BCUT2D eigenvalue weighted by atomic mass is 16.4. The predicted molar refractivity (Wildman–Crippen MR) is 58.3 cm³/mol. The molecular weight excluding hydrogens is 212 g/mol. The fourth-order valence-electron chi connectivity index (χ4n) is 1.25. The van der Waals surface area contributed by atoms with E-state index in [-0.39, 0.29) is 13.1 Å².